The van der Waals surface area contributed by atoms with Gasteiger partial charge in [-0.05, 0) is 181 Å². The lowest BCUT2D eigenvalue weighted by atomic mass is 9.98. The molecular formula is C60H82F4O16. The van der Waals surface area contributed by atoms with Crippen molar-refractivity contribution in [2.24, 2.45) is 5.92 Å². The molecule has 7 rings (SSSR count). The van der Waals surface area contributed by atoms with E-state index in [1.807, 2.05) is 0 Å². The topological polar surface area (TPSA) is 244 Å². The minimum atomic E-state index is -0.983. The molecule has 0 aliphatic carbocycles. The maximum Gasteiger partial charge on any atom is 0.316 e. The zero-order chi connectivity index (χ0) is 57.8. The molecule has 2 aliphatic rings. The number of carbonyl (C=O) groups excluding carboxylic acids is 3. The van der Waals surface area contributed by atoms with Gasteiger partial charge < -0.3 is 68.6 Å². The van der Waals surface area contributed by atoms with Crippen molar-refractivity contribution < 1.29 is 95.7 Å². The number of phenols is 2. The van der Waals surface area contributed by atoms with Crippen LogP contribution in [0.4, 0.5) is 17.6 Å². The van der Waals surface area contributed by atoms with E-state index in [2.05, 4.69) is 6.92 Å². The molecule has 0 bridgehead atoms. The molecule has 2 saturated heterocycles. The third-order valence-corrected chi connectivity index (χ3v) is 10.4. The molecule has 0 radical (unpaired) electrons. The Morgan fingerprint density at radius 2 is 0.887 bits per heavy atom. The van der Waals surface area contributed by atoms with Gasteiger partial charge in [0.2, 0.25) is 0 Å². The van der Waals surface area contributed by atoms with Crippen molar-refractivity contribution in [3.8, 4) is 34.5 Å². The van der Waals surface area contributed by atoms with Gasteiger partial charge in [0.25, 0.3) is 0 Å². The van der Waals surface area contributed by atoms with Crippen molar-refractivity contribution >= 4 is 17.5 Å². The summed E-state index contributed by atoms with van der Waals surface area (Å²) in [5.41, 5.74) is 0. The summed E-state index contributed by atoms with van der Waals surface area (Å²) in [5.74, 6) is -0.752. The number of aromatic hydroxyl groups is 2. The van der Waals surface area contributed by atoms with Crippen LogP contribution in [-0.2, 0) is 28.6 Å². The number of halogens is 4. The first kappa shape index (κ1) is 73.2. The molecule has 2 heterocycles. The quantitative estimate of drug-likeness (QED) is 0.0146. The van der Waals surface area contributed by atoms with Gasteiger partial charge in [0.05, 0.1) is 50.3 Å². The SMILES string of the molecule is C.C.CC(=O)CC[C@H](O)COc1ccc(F)cc1.CC(O)CC[C@H](O)COc1ccc(F)cc1.CCOC(=O)C(CC(O)COc1ccc(O)cc1)C(C)=O.CC[C@@H]1CO1.Fc1ccc(OC[C@@H]2CO2)cc1.Oc1ccc(F)cc1. The van der Waals surface area contributed by atoms with Crippen LogP contribution in [0.5, 0.6) is 34.5 Å². The lowest BCUT2D eigenvalue weighted by Gasteiger charge is -2.17. The fraction of sp³-hybridized carbons (Fsp3) is 0.450. The van der Waals surface area contributed by atoms with Crippen LogP contribution in [0.25, 0.3) is 0 Å². The zero-order valence-corrected chi connectivity index (χ0v) is 44.6. The molecule has 0 amide bonds. The molecule has 20 heteroatoms. The second-order valence-corrected chi connectivity index (χ2v) is 17.7. The van der Waals surface area contributed by atoms with Crippen molar-refractivity contribution in [1.29, 1.82) is 0 Å². The number of hydrogen-bond donors (Lipinski definition) is 6. The van der Waals surface area contributed by atoms with Crippen molar-refractivity contribution in [2.75, 3.05) is 46.2 Å². The summed E-state index contributed by atoms with van der Waals surface area (Å²) in [7, 11) is 0. The van der Waals surface area contributed by atoms with E-state index in [-0.39, 0.29) is 100 Å². The number of carbonyl (C=O) groups is 3. The lowest BCUT2D eigenvalue weighted by molar-refractivity contribution is -0.152. The number of Topliss-reactive ketones (excluding diaryl/α,β-unsaturated/α-hetero) is 2. The number of esters is 1. The van der Waals surface area contributed by atoms with Gasteiger partial charge in [0.15, 0.2) is 0 Å². The molecule has 6 N–H and O–H groups in total. The van der Waals surface area contributed by atoms with Crippen molar-refractivity contribution in [3.63, 3.8) is 0 Å². The van der Waals surface area contributed by atoms with E-state index in [0.717, 1.165) is 13.2 Å². The Morgan fingerprint density at radius 1 is 0.537 bits per heavy atom. The van der Waals surface area contributed by atoms with E-state index < -0.39 is 36.3 Å². The Hall–Kier alpha value is -6.81. The van der Waals surface area contributed by atoms with Crippen molar-refractivity contribution in [3.05, 3.63) is 145 Å². The van der Waals surface area contributed by atoms with E-state index in [4.69, 9.17) is 48.5 Å². The molecule has 0 spiro atoms. The molecule has 2 aliphatic heterocycles. The van der Waals surface area contributed by atoms with Crippen LogP contribution in [0.1, 0.15) is 88.0 Å². The van der Waals surface area contributed by atoms with Crippen LogP contribution < -0.4 is 18.9 Å². The van der Waals surface area contributed by atoms with Crippen LogP contribution in [0.15, 0.2) is 121 Å². The fourth-order valence-corrected chi connectivity index (χ4v) is 5.79. The smallest absolute Gasteiger partial charge is 0.316 e. The van der Waals surface area contributed by atoms with Gasteiger partial charge in [-0.1, -0.05) is 21.8 Å². The van der Waals surface area contributed by atoms with E-state index in [1.54, 1.807) is 38.1 Å². The third kappa shape index (κ3) is 37.9. The highest BCUT2D eigenvalue weighted by atomic mass is 19.1. The monoisotopic (exact) mass is 1130 g/mol. The number of benzene rings is 5. The number of hydrogen-bond acceptors (Lipinski definition) is 16. The summed E-state index contributed by atoms with van der Waals surface area (Å²) >= 11 is 0. The van der Waals surface area contributed by atoms with Crippen LogP contribution in [0.3, 0.4) is 0 Å². The largest absolute Gasteiger partial charge is 0.508 e. The molecule has 7 atom stereocenters. The Labute approximate surface area is 467 Å². The molecule has 2 fully saturated rings. The number of aliphatic hydroxyl groups excluding tert-OH is 4. The molecule has 0 aromatic heterocycles. The maximum atomic E-state index is 12.6. The van der Waals surface area contributed by atoms with Crippen molar-refractivity contribution in [1.82, 2.24) is 0 Å². The first-order valence-corrected chi connectivity index (χ1v) is 25.3. The highest BCUT2D eigenvalue weighted by molar-refractivity contribution is 5.97. The molecule has 5 aromatic rings. The summed E-state index contributed by atoms with van der Waals surface area (Å²) in [6.45, 7) is 11.0. The number of epoxide rings is 2. The van der Waals surface area contributed by atoms with Gasteiger partial charge in [0.1, 0.15) is 108 Å². The predicted octanol–water partition coefficient (Wildman–Crippen LogP) is 10.2. The van der Waals surface area contributed by atoms with E-state index in [9.17, 15) is 47.3 Å². The van der Waals surface area contributed by atoms with Gasteiger partial charge >= 0.3 is 5.97 Å². The van der Waals surface area contributed by atoms with Gasteiger partial charge in [-0.3, -0.25) is 9.59 Å². The van der Waals surface area contributed by atoms with Crippen LogP contribution in [-0.4, -0.2) is 131 Å². The molecule has 446 valence electrons. The summed E-state index contributed by atoms with van der Waals surface area (Å²) in [6.07, 6.45) is 1.10. The van der Waals surface area contributed by atoms with Gasteiger partial charge in [-0.25, -0.2) is 17.6 Å². The van der Waals surface area contributed by atoms with Crippen LogP contribution in [0, 0.1) is 29.2 Å². The minimum Gasteiger partial charge on any atom is -0.508 e. The van der Waals surface area contributed by atoms with E-state index >= 15 is 0 Å². The average molecular weight is 1140 g/mol. The van der Waals surface area contributed by atoms with E-state index in [0.29, 0.717) is 61.4 Å². The van der Waals surface area contributed by atoms with Gasteiger partial charge in [-0.15, -0.1) is 0 Å². The van der Waals surface area contributed by atoms with Crippen molar-refractivity contribution in [2.45, 2.75) is 125 Å². The Bertz CT molecular complexity index is 2350. The number of aliphatic hydroxyl groups is 4. The average Bonchev–Trinajstić information content (AvgIpc) is 4.37. The molecule has 0 saturated carbocycles. The fourth-order valence-electron chi connectivity index (χ4n) is 5.79. The van der Waals surface area contributed by atoms with E-state index in [1.165, 1.54) is 117 Å². The Kier molecular flexibility index (Phi) is 38.5. The molecule has 80 heavy (non-hydrogen) atoms. The molecule has 16 nitrogen and oxygen atoms in total. The normalized spacial score (nSPS) is 15.0. The van der Waals surface area contributed by atoms with Gasteiger partial charge in [-0.2, -0.15) is 0 Å². The van der Waals surface area contributed by atoms with Crippen LogP contribution in [0.2, 0.25) is 0 Å². The standard InChI is InChI=1S/C15H20O6.C12H17FO3.C12H15FO3.C9H9FO2.C6H5FO.C4H8O.2CH4/c1-3-20-15(19)14(10(2)16)8-12(18)9-21-13-6-4-11(17)5-7-13;2*1-9(14)2-5-11(15)8-16-12-6-3-10(13)4-7-12;10-7-1-3-8(4-2-7)11-5-9-6-12-9;7-5-1-3-6(8)4-2-5;1-2-4-3-5-4;;/h4-7,12,14,17-18H,3,8-9H2,1-2H3;3-4,6-7,9,11,14-15H,2,5,8H2,1H3;3-4,6-7,11,15H,2,5,8H2,1H3;1-4,9H,5-6H2;1-4,8H;4H,2-3H2,1H3;2*1H4/t;9?,11-;11-;9-;;4-;;/m.001.1../s1. The minimum absolute atomic E-state index is 0. The highest BCUT2D eigenvalue weighted by Gasteiger charge is 2.28. The Balaban J connectivity index is 0.000000968. The number of rotatable bonds is 24. The molecular weight excluding hydrogens is 1050 g/mol. The first-order chi connectivity index (χ1) is 37.1. The summed E-state index contributed by atoms with van der Waals surface area (Å²) in [5, 5.41) is 55.6. The molecule has 5 aromatic carbocycles. The second kappa shape index (κ2) is 42.1. The summed E-state index contributed by atoms with van der Waals surface area (Å²) in [6, 6.07) is 28.2. The highest BCUT2D eigenvalue weighted by Crippen LogP contribution is 2.19. The lowest BCUT2D eigenvalue weighted by Crippen LogP contribution is -2.31. The number of ether oxygens (including phenoxy) is 7. The summed E-state index contributed by atoms with van der Waals surface area (Å²) < 4.78 is 85.2. The van der Waals surface area contributed by atoms with Crippen LogP contribution >= 0.6 is 0 Å². The Morgan fingerprint density at radius 3 is 1.21 bits per heavy atom. The second-order valence-electron chi connectivity index (χ2n) is 17.7. The molecule has 3 unspecified atom stereocenters. The number of phenolic OH excluding ortho intramolecular Hbond substituents is 2. The first-order valence-electron chi connectivity index (χ1n) is 25.3. The maximum absolute atomic E-state index is 12.6. The van der Waals surface area contributed by atoms with Gasteiger partial charge in [0, 0.05) is 6.42 Å². The number of ketones is 2. The third-order valence-electron chi connectivity index (χ3n) is 10.4. The predicted molar refractivity (Wildman–Crippen MR) is 295 cm³/mol. The zero-order valence-electron chi connectivity index (χ0n) is 44.6. The summed E-state index contributed by atoms with van der Waals surface area (Å²) in [4.78, 5) is 33.7.